The molecule has 0 bridgehead atoms. The van der Waals surface area contributed by atoms with Gasteiger partial charge in [-0.2, -0.15) is 0 Å². The van der Waals surface area contributed by atoms with Crippen LogP contribution in [0.2, 0.25) is 0 Å². The largest absolute Gasteiger partial charge is 0.497 e. The summed E-state index contributed by atoms with van der Waals surface area (Å²) in [5, 5.41) is 0. The van der Waals surface area contributed by atoms with E-state index in [2.05, 4.69) is 46.2 Å². The lowest BCUT2D eigenvalue weighted by Gasteiger charge is -2.39. The van der Waals surface area contributed by atoms with Gasteiger partial charge in [-0.15, -0.1) is 0 Å². The van der Waals surface area contributed by atoms with E-state index in [-0.39, 0.29) is 5.92 Å². The second kappa shape index (κ2) is 8.54. The molecule has 5 rings (SSSR count). The van der Waals surface area contributed by atoms with Crippen molar-refractivity contribution in [3.8, 4) is 11.5 Å². The molecule has 2 aromatic rings. The van der Waals surface area contributed by atoms with Crippen LogP contribution in [0, 0.1) is 11.8 Å². The molecule has 2 aliphatic heterocycles. The third kappa shape index (κ3) is 4.16. The molecule has 1 saturated carbocycles. The topological polar surface area (TPSA) is 42.0 Å². The summed E-state index contributed by atoms with van der Waals surface area (Å²) in [6.07, 6.45) is 3.19. The molecule has 0 N–H and O–H groups in total. The summed E-state index contributed by atoms with van der Waals surface area (Å²) < 4.78 is 10.9. The number of likely N-dealkylation sites (tertiary alicyclic amines) is 2. The Morgan fingerprint density at radius 2 is 1.71 bits per heavy atom. The third-order valence-corrected chi connectivity index (χ3v) is 7.29. The van der Waals surface area contributed by atoms with Gasteiger partial charge >= 0.3 is 0 Å². The highest BCUT2D eigenvalue weighted by molar-refractivity contribution is 5.82. The summed E-state index contributed by atoms with van der Waals surface area (Å²) in [5.74, 6) is 3.28. The van der Waals surface area contributed by atoms with E-state index in [9.17, 15) is 4.79 Å². The van der Waals surface area contributed by atoms with Crippen LogP contribution in [0.1, 0.15) is 36.3 Å². The zero-order valence-electron chi connectivity index (χ0n) is 18.5. The van der Waals surface area contributed by atoms with Gasteiger partial charge in [0.05, 0.1) is 14.2 Å². The Bertz CT molecular complexity index is 942. The summed E-state index contributed by atoms with van der Waals surface area (Å²) in [4.78, 5) is 17.9. The minimum absolute atomic E-state index is 0.277. The van der Waals surface area contributed by atoms with Crippen LogP contribution < -0.4 is 9.47 Å². The van der Waals surface area contributed by atoms with E-state index in [4.69, 9.17) is 9.47 Å². The average molecular weight is 421 g/mol. The van der Waals surface area contributed by atoms with Gasteiger partial charge in [0, 0.05) is 50.0 Å². The number of rotatable bonds is 6. The number of amides is 1. The zero-order valence-corrected chi connectivity index (χ0v) is 18.5. The summed E-state index contributed by atoms with van der Waals surface area (Å²) in [5.41, 5.74) is 2.57. The highest BCUT2D eigenvalue weighted by Crippen LogP contribution is 2.45. The first-order valence-electron chi connectivity index (χ1n) is 11.5. The molecule has 2 saturated heterocycles. The van der Waals surface area contributed by atoms with Crippen molar-refractivity contribution in [1.29, 1.82) is 0 Å². The Kier molecular flexibility index (Phi) is 5.61. The van der Waals surface area contributed by atoms with Crippen LogP contribution in [0.4, 0.5) is 0 Å². The predicted octanol–water partition coefficient (Wildman–Crippen LogP) is 3.93. The van der Waals surface area contributed by atoms with Gasteiger partial charge in [0.25, 0.3) is 0 Å². The number of fused-ring (bicyclic) bond motifs is 1. The maximum atomic E-state index is 13.1. The van der Waals surface area contributed by atoms with E-state index < -0.39 is 0 Å². The molecule has 3 aliphatic rings. The molecule has 1 aliphatic carbocycles. The Morgan fingerprint density at radius 3 is 2.45 bits per heavy atom. The second-order valence-electron chi connectivity index (χ2n) is 9.25. The standard InChI is InChI=1S/C26H32N2O3/c1-30-21-7-3-5-18(13-21)15-27-12-11-25-24(16-27)23(17-28(25)26(29)19-9-10-19)20-6-4-8-22(14-20)31-2/h3-8,13-14,19,23-25H,9-12,15-17H2,1-2H3/t23-,24-,25-/m1/s1. The quantitative estimate of drug-likeness (QED) is 0.710. The normalized spacial score (nSPS) is 25.9. The van der Waals surface area contributed by atoms with Crippen LogP contribution in [0.5, 0.6) is 11.5 Å². The van der Waals surface area contributed by atoms with E-state index in [0.717, 1.165) is 56.9 Å². The van der Waals surface area contributed by atoms with Gasteiger partial charge < -0.3 is 14.4 Å². The lowest BCUT2D eigenvalue weighted by atomic mass is 9.81. The second-order valence-corrected chi connectivity index (χ2v) is 9.25. The molecule has 3 fully saturated rings. The Hall–Kier alpha value is -2.53. The predicted molar refractivity (Wildman–Crippen MR) is 120 cm³/mol. The summed E-state index contributed by atoms with van der Waals surface area (Å²) in [7, 11) is 3.43. The summed E-state index contributed by atoms with van der Waals surface area (Å²) >= 11 is 0. The van der Waals surface area contributed by atoms with Crippen molar-refractivity contribution in [3.63, 3.8) is 0 Å². The van der Waals surface area contributed by atoms with Crippen molar-refractivity contribution in [2.75, 3.05) is 33.9 Å². The van der Waals surface area contributed by atoms with Crippen LogP contribution in [-0.4, -0.2) is 55.6 Å². The molecule has 2 heterocycles. The molecule has 31 heavy (non-hydrogen) atoms. The molecule has 0 spiro atoms. The fourth-order valence-corrected chi connectivity index (χ4v) is 5.52. The molecule has 5 heteroatoms. The van der Waals surface area contributed by atoms with Crippen LogP contribution in [0.15, 0.2) is 48.5 Å². The molecule has 0 aromatic heterocycles. The van der Waals surface area contributed by atoms with E-state index in [1.807, 2.05) is 12.1 Å². The van der Waals surface area contributed by atoms with Crippen molar-refractivity contribution >= 4 is 5.91 Å². The molecule has 5 nitrogen and oxygen atoms in total. The number of hydrogen-bond donors (Lipinski definition) is 0. The van der Waals surface area contributed by atoms with Crippen molar-refractivity contribution in [2.24, 2.45) is 11.8 Å². The number of piperidine rings is 1. The van der Waals surface area contributed by atoms with Gasteiger partial charge in [-0.25, -0.2) is 0 Å². The molecule has 0 radical (unpaired) electrons. The molecular weight excluding hydrogens is 388 g/mol. The number of methoxy groups -OCH3 is 2. The summed E-state index contributed by atoms with van der Waals surface area (Å²) in [6.45, 7) is 3.79. The maximum absolute atomic E-state index is 13.1. The third-order valence-electron chi connectivity index (χ3n) is 7.29. The maximum Gasteiger partial charge on any atom is 0.225 e. The lowest BCUT2D eigenvalue weighted by Crippen LogP contribution is -2.48. The Labute approximate surface area is 184 Å². The fourth-order valence-electron chi connectivity index (χ4n) is 5.52. The van der Waals surface area contributed by atoms with Crippen LogP contribution in [-0.2, 0) is 11.3 Å². The van der Waals surface area contributed by atoms with Gasteiger partial charge in [-0.3, -0.25) is 9.69 Å². The van der Waals surface area contributed by atoms with E-state index in [1.54, 1.807) is 14.2 Å². The smallest absolute Gasteiger partial charge is 0.225 e. The number of benzene rings is 2. The fraction of sp³-hybridized carbons (Fsp3) is 0.500. The number of carbonyl (C=O) groups excluding carboxylic acids is 1. The number of hydrogen-bond acceptors (Lipinski definition) is 4. The molecule has 3 atom stereocenters. The lowest BCUT2D eigenvalue weighted by molar-refractivity contribution is -0.134. The van der Waals surface area contributed by atoms with E-state index >= 15 is 0 Å². The first-order valence-corrected chi connectivity index (χ1v) is 11.5. The van der Waals surface area contributed by atoms with Gasteiger partial charge in [-0.1, -0.05) is 24.3 Å². The number of carbonyl (C=O) groups is 1. The van der Waals surface area contributed by atoms with Crippen molar-refractivity contribution < 1.29 is 14.3 Å². The SMILES string of the molecule is COc1cccc(CN2CC[C@@H]3[C@H](C2)[C@@H](c2cccc(OC)c2)CN3C(=O)C2CC2)c1. The van der Waals surface area contributed by atoms with Crippen LogP contribution in [0.3, 0.4) is 0 Å². The first kappa shape index (κ1) is 20.4. The highest BCUT2D eigenvalue weighted by atomic mass is 16.5. The Balaban J connectivity index is 1.38. The minimum atomic E-state index is 0.277. The van der Waals surface area contributed by atoms with Gasteiger partial charge in [0.2, 0.25) is 5.91 Å². The van der Waals surface area contributed by atoms with E-state index in [0.29, 0.717) is 23.8 Å². The average Bonchev–Trinajstić information content (AvgIpc) is 3.59. The van der Waals surface area contributed by atoms with Crippen LogP contribution in [0.25, 0.3) is 0 Å². The van der Waals surface area contributed by atoms with Crippen LogP contribution >= 0.6 is 0 Å². The zero-order chi connectivity index (χ0) is 21.4. The molecule has 164 valence electrons. The number of ether oxygens (including phenoxy) is 2. The molecular formula is C26H32N2O3. The summed E-state index contributed by atoms with van der Waals surface area (Å²) in [6, 6.07) is 17.1. The van der Waals surface area contributed by atoms with Gasteiger partial charge in [-0.05, 0) is 54.7 Å². The van der Waals surface area contributed by atoms with Crippen molar-refractivity contribution in [1.82, 2.24) is 9.80 Å². The van der Waals surface area contributed by atoms with E-state index in [1.165, 1.54) is 11.1 Å². The van der Waals surface area contributed by atoms with Crippen molar-refractivity contribution in [3.05, 3.63) is 59.7 Å². The van der Waals surface area contributed by atoms with Gasteiger partial charge in [0.15, 0.2) is 0 Å². The molecule has 1 amide bonds. The molecule has 2 aromatic carbocycles. The number of nitrogens with zero attached hydrogens (tertiary/aromatic N) is 2. The monoisotopic (exact) mass is 420 g/mol. The minimum Gasteiger partial charge on any atom is -0.497 e. The first-order chi connectivity index (χ1) is 15.2. The molecule has 0 unspecified atom stereocenters. The highest BCUT2D eigenvalue weighted by Gasteiger charge is 2.49. The van der Waals surface area contributed by atoms with Gasteiger partial charge in [0.1, 0.15) is 11.5 Å². The Morgan fingerprint density at radius 1 is 0.968 bits per heavy atom. The van der Waals surface area contributed by atoms with Crippen molar-refractivity contribution in [2.45, 2.75) is 37.8 Å².